The van der Waals surface area contributed by atoms with Gasteiger partial charge in [-0.05, 0) is 30.5 Å². The van der Waals surface area contributed by atoms with E-state index in [-0.39, 0.29) is 18.8 Å². The molecule has 2 heterocycles. The highest BCUT2D eigenvalue weighted by molar-refractivity contribution is 7.92. The topological polar surface area (TPSA) is 141 Å². The smallest absolute Gasteiger partial charge is 0.273 e. The Morgan fingerprint density at radius 2 is 1.62 bits per heavy atom. The van der Waals surface area contributed by atoms with E-state index < -0.39 is 33.3 Å². The van der Waals surface area contributed by atoms with E-state index in [1.165, 1.54) is 15.8 Å². The fourth-order valence-corrected chi connectivity index (χ4v) is 4.98. The van der Waals surface area contributed by atoms with Crippen LogP contribution in [-0.4, -0.2) is 47.8 Å². The predicted octanol–water partition coefficient (Wildman–Crippen LogP) is 1.40. The van der Waals surface area contributed by atoms with Gasteiger partial charge in [-0.1, -0.05) is 48.5 Å². The summed E-state index contributed by atoms with van der Waals surface area (Å²) in [5, 5.41) is 7.90. The summed E-state index contributed by atoms with van der Waals surface area (Å²) < 4.78 is 26.5. The molecule has 2 aromatic carbocycles. The first kappa shape index (κ1) is 23.3. The maximum absolute atomic E-state index is 12.6. The van der Waals surface area contributed by atoms with Crippen LogP contribution < -0.4 is 16.4 Å². The fourth-order valence-electron chi connectivity index (χ4n) is 3.75. The standard InChI is InChI=1S/C23H23N5O5S/c29-21(25-27-23(31)20-18-8-4-5-9-19(18)22(30)26-24-20)17-10-13-28(14-11-17)34(32,33)15-12-16-6-2-1-3-7-16/h1-9,12,15,17H,10-11,13-14H2,(H,25,29)(H,26,30)(H,27,31)/b15-12+. The molecule has 11 heteroatoms. The van der Waals surface area contributed by atoms with Gasteiger partial charge in [0.1, 0.15) is 0 Å². The van der Waals surface area contributed by atoms with E-state index in [1.807, 2.05) is 30.3 Å². The molecule has 34 heavy (non-hydrogen) atoms. The number of hydrogen-bond donors (Lipinski definition) is 3. The van der Waals surface area contributed by atoms with Crippen molar-refractivity contribution in [2.75, 3.05) is 13.1 Å². The fraction of sp³-hybridized carbons (Fsp3) is 0.217. The minimum Gasteiger partial charge on any atom is -0.273 e. The van der Waals surface area contributed by atoms with Crippen molar-refractivity contribution in [3.8, 4) is 0 Å². The highest BCUT2D eigenvalue weighted by Crippen LogP contribution is 2.21. The highest BCUT2D eigenvalue weighted by Gasteiger charge is 2.30. The van der Waals surface area contributed by atoms with Crippen LogP contribution in [-0.2, 0) is 14.8 Å². The summed E-state index contributed by atoms with van der Waals surface area (Å²) in [6.07, 6.45) is 2.18. The van der Waals surface area contributed by atoms with Crippen LogP contribution in [0.3, 0.4) is 0 Å². The maximum atomic E-state index is 12.6. The number of aromatic nitrogens is 2. The van der Waals surface area contributed by atoms with Crippen molar-refractivity contribution in [2.24, 2.45) is 5.92 Å². The second kappa shape index (κ2) is 9.98. The average Bonchev–Trinajstić information content (AvgIpc) is 2.87. The predicted molar refractivity (Wildman–Crippen MR) is 127 cm³/mol. The number of piperidine rings is 1. The lowest BCUT2D eigenvalue weighted by Gasteiger charge is -2.29. The number of nitrogens with one attached hydrogen (secondary N) is 3. The zero-order valence-corrected chi connectivity index (χ0v) is 18.9. The summed E-state index contributed by atoms with van der Waals surface area (Å²) in [5.74, 6) is -1.55. The number of aromatic amines is 1. The molecule has 3 aromatic rings. The number of hydrazine groups is 1. The summed E-state index contributed by atoms with van der Waals surface area (Å²) in [7, 11) is -3.60. The van der Waals surface area contributed by atoms with Crippen molar-refractivity contribution in [3.63, 3.8) is 0 Å². The molecule has 0 aliphatic carbocycles. The molecule has 4 rings (SSSR count). The van der Waals surface area contributed by atoms with Gasteiger partial charge in [0.15, 0.2) is 5.69 Å². The van der Waals surface area contributed by atoms with Gasteiger partial charge in [-0.15, -0.1) is 0 Å². The van der Waals surface area contributed by atoms with Crippen LogP contribution in [0.2, 0.25) is 0 Å². The van der Waals surface area contributed by atoms with E-state index in [4.69, 9.17) is 0 Å². The number of carbonyl (C=O) groups is 2. The number of carbonyl (C=O) groups excluding carboxylic acids is 2. The van der Waals surface area contributed by atoms with Crippen molar-refractivity contribution in [3.05, 3.63) is 81.6 Å². The quantitative estimate of drug-likeness (QED) is 0.471. The van der Waals surface area contributed by atoms with Crippen molar-refractivity contribution < 1.29 is 18.0 Å². The molecule has 1 aromatic heterocycles. The van der Waals surface area contributed by atoms with Crippen LogP contribution in [0.25, 0.3) is 16.8 Å². The highest BCUT2D eigenvalue weighted by atomic mass is 32.2. The molecule has 3 N–H and O–H groups in total. The first-order chi connectivity index (χ1) is 16.3. The largest absolute Gasteiger partial charge is 0.290 e. The molecule has 0 unspecified atom stereocenters. The molecular formula is C23H23N5O5S. The van der Waals surface area contributed by atoms with Crippen LogP contribution in [0.4, 0.5) is 0 Å². The van der Waals surface area contributed by atoms with E-state index >= 15 is 0 Å². The Labute approximate surface area is 195 Å². The summed E-state index contributed by atoms with van der Waals surface area (Å²) >= 11 is 0. The number of sulfonamides is 1. The lowest BCUT2D eigenvalue weighted by molar-refractivity contribution is -0.126. The average molecular weight is 482 g/mol. The molecule has 1 aliphatic rings. The minimum atomic E-state index is -3.60. The normalized spacial score (nSPS) is 15.4. The van der Waals surface area contributed by atoms with Gasteiger partial charge < -0.3 is 0 Å². The molecule has 1 aliphatic heterocycles. The van der Waals surface area contributed by atoms with E-state index in [9.17, 15) is 22.8 Å². The molecule has 176 valence electrons. The van der Waals surface area contributed by atoms with E-state index in [0.717, 1.165) is 5.56 Å². The van der Waals surface area contributed by atoms with Crippen LogP contribution in [0, 0.1) is 5.92 Å². The van der Waals surface area contributed by atoms with Crippen LogP contribution in [0.15, 0.2) is 64.8 Å². The maximum Gasteiger partial charge on any atom is 0.290 e. The summed E-state index contributed by atoms with van der Waals surface area (Å²) in [6, 6.07) is 15.6. The summed E-state index contributed by atoms with van der Waals surface area (Å²) in [4.78, 5) is 36.9. The molecule has 0 bridgehead atoms. The molecule has 0 atom stereocenters. The number of fused-ring (bicyclic) bond motifs is 1. The monoisotopic (exact) mass is 481 g/mol. The first-order valence-electron chi connectivity index (χ1n) is 10.7. The van der Waals surface area contributed by atoms with Gasteiger partial charge in [0, 0.05) is 29.8 Å². The third-order valence-electron chi connectivity index (χ3n) is 5.63. The summed E-state index contributed by atoms with van der Waals surface area (Å²) in [5.41, 5.74) is 5.03. The minimum absolute atomic E-state index is 0.0263. The number of amides is 2. The van der Waals surface area contributed by atoms with E-state index in [0.29, 0.717) is 23.6 Å². The van der Waals surface area contributed by atoms with Crippen molar-refractivity contribution >= 4 is 38.7 Å². The molecule has 10 nitrogen and oxygen atoms in total. The van der Waals surface area contributed by atoms with Gasteiger partial charge in [0.25, 0.3) is 11.5 Å². The summed E-state index contributed by atoms with van der Waals surface area (Å²) in [6.45, 7) is 0.388. The van der Waals surface area contributed by atoms with Crippen LogP contribution in [0.5, 0.6) is 0 Å². The van der Waals surface area contributed by atoms with Crippen molar-refractivity contribution in [2.45, 2.75) is 12.8 Å². The van der Waals surface area contributed by atoms with Gasteiger partial charge >= 0.3 is 0 Å². The van der Waals surface area contributed by atoms with Crippen LogP contribution >= 0.6 is 0 Å². The Morgan fingerprint density at radius 3 is 2.32 bits per heavy atom. The lowest BCUT2D eigenvalue weighted by atomic mass is 9.98. The Bertz CT molecular complexity index is 1390. The van der Waals surface area contributed by atoms with Gasteiger partial charge in [0.05, 0.1) is 5.39 Å². The second-order valence-electron chi connectivity index (χ2n) is 7.82. The van der Waals surface area contributed by atoms with E-state index in [1.54, 1.807) is 24.3 Å². The number of H-pyrrole nitrogens is 1. The van der Waals surface area contributed by atoms with Crippen molar-refractivity contribution in [1.29, 1.82) is 0 Å². The van der Waals surface area contributed by atoms with E-state index in [2.05, 4.69) is 21.0 Å². The molecule has 2 amide bonds. The number of nitrogens with zero attached hydrogens (tertiary/aromatic N) is 2. The zero-order valence-electron chi connectivity index (χ0n) is 18.1. The number of benzene rings is 2. The molecular weight excluding hydrogens is 458 g/mol. The molecule has 1 fully saturated rings. The van der Waals surface area contributed by atoms with Crippen molar-refractivity contribution in [1.82, 2.24) is 25.4 Å². The van der Waals surface area contributed by atoms with Gasteiger partial charge in [-0.25, -0.2) is 13.5 Å². The molecule has 0 radical (unpaired) electrons. The molecule has 0 saturated carbocycles. The lowest BCUT2D eigenvalue weighted by Crippen LogP contribution is -2.48. The number of rotatable bonds is 5. The Morgan fingerprint density at radius 1 is 0.971 bits per heavy atom. The SMILES string of the molecule is O=C(NNC(=O)C1CCN(S(=O)(=O)/C=C/c2ccccc2)CC1)c1n[nH]c(=O)c2ccccc12. The molecule has 0 spiro atoms. The Kier molecular flexibility index (Phi) is 6.85. The Hall–Kier alpha value is -3.83. The molecule has 1 saturated heterocycles. The third-order valence-corrected chi connectivity index (χ3v) is 7.19. The van der Waals surface area contributed by atoms with Crippen LogP contribution in [0.1, 0.15) is 28.9 Å². The first-order valence-corrected chi connectivity index (χ1v) is 12.2. The van der Waals surface area contributed by atoms with Gasteiger partial charge in [-0.2, -0.15) is 9.40 Å². The third kappa shape index (κ3) is 5.21. The Balaban J connectivity index is 1.32. The second-order valence-corrected chi connectivity index (χ2v) is 9.64. The van der Waals surface area contributed by atoms with Gasteiger partial charge in [-0.3, -0.25) is 25.2 Å². The van der Waals surface area contributed by atoms with Gasteiger partial charge in [0.2, 0.25) is 15.9 Å². The zero-order chi connectivity index (χ0) is 24.1. The number of hydrogen-bond acceptors (Lipinski definition) is 6.